The molecular formula is C24H25F3N2O3. The summed E-state index contributed by atoms with van der Waals surface area (Å²) in [6.07, 6.45) is -1.07. The number of hydrogen-bond acceptors (Lipinski definition) is 3. The van der Waals surface area contributed by atoms with Gasteiger partial charge < -0.3 is 15.0 Å². The molecule has 2 aliphatic rings. The van der Waals surface area contributed by atoms with Crippen molar-refractivity contribution in [1.29, 1.82) is 0 Å². The summed E-state index contributed by atoms with van der Waals surface area (Å²) < 4.78 is 45.8. The van der Waals surface area contributed by atoms with Gasteiger partial charge in [-0.25, -0.2) is 0 Å². The highest BCUT2D eigenvalue weighted by atomic mass is 19.4. The van der Waals surface area contributed by atoms with E-state index in [1.54, 1.807) is 24.3 Å². The first-order chi connectivity index (χ1) is 15.3. The van der Waals surface area contributed by atoms with Gasteiger partial charge in [-0.15, -0.1) is 0 Å². The average Bonchev–Trinajstić information content (AvgIpc) is 3.61. The van der Waals surface area contributed by atoms with Gasteiger partial charge in [-0.2, -0.15) is 13.2 Å². The third-order valence-corrected chi connectivity index (χ3v) is 5.76. The standard InChI is InChI=1S/C24H25F3N2O3/c25-24(26,27)21-9-2-1-8-20(21)23(31)29-12-4-5-16(14-29)15-32-19-7-3-6-17(13-19)22(30)28-18-10-11-18/h1-3,6-9,13,16,18H,4-5,10-12,14-15H2,(H,28,30)/t16-/m0/s1. The van der Waals surface area contributed by atoms with E-state index in [9.17, 15) is 22.8 Å². The zero-order valence-corrected chi connectivity index (χ0v) is 17.5. The Kier molecular flexibility index (Phi) is 6.39. The number of likely N-dealkylation sites (tertiary alicyclic amines) is 1. The lowest BCUT2D eigenvalue weighted by Crippen LogP contribution is -2.42. The molecule has 0 unspecified atom stereocenters. The average molecular weight is 446 g/mol. The molecule has 1 atom stereocenters. The van der Waals surface area contributed by atoms with Crippen LogP contribution in [0.5, 0.6) is 5.75 Å². The Morgan fingerprint density at radius 3 is 2.59 bits per heavy atom. The first kappa shape index (κ1) is 22.2. The van der Waals surface area contributed by atoms with E-state index in [2.05, 4.69) is 5.32 Å². The van der Waals surface area contributed by atoms with E-state index in [1.807, 2.05) is 0 Å². The number of nitrogens with zero attached hydrogens (tertiary/aromatic N) is 1. The van der Waals surface area contributed by atoms with Crippen molar-refractivity contribution in [1.82, 2.24) is 10.2 Å². The number of benzene rings is 2. The van der Waals surface area contributed by atoms with Crippen molar-refractivity contribution in [2.24, 2.45) is 5.92 Å². The van der Waals surface area contributed by atoms with Gasteiger partial charge in [0.2, 0.25) is 0 Å². The molecule has 4 rings (SSSR count). The van der Waals surface area contributed by atoms with Crippen LogP contribution in [0, 0.1) is 5.92 Å². The first-order valence-corrected chi connectivity index (χ1v) is 10.8. The van der Waals surface area contributed by atoms with Crippen molar-refractivity contribution in [3.05, 3.63) is 65.2 Å². The second-order valence-corrected chi connectivity index (χ2v) is 8.39. The summed E-state index contributed by atoms with van der Waals surface area (Å²) in [5, 5.41) is 2.93. The minimum atomic E-state index is -4.58. The Bertz CT molecular complexity index is 988. The fraction of sp³-hybridized carbons (Fsp3) is 0.417. The first-order valence-electron chi connectivity index (χ1n) is 10.8. The molecule has 0 bridgehead atoms. The molecule has 2 amide bonds. The molecule has 5 nitrogen and oxygen atoms in total. The number of carbonyl (C=O) groups is 2. The highest BCUT2D eigenvalue weighted by Gasteiger charge is 2.36. The van der Waals surface area contributed by atoms with Crippen LogP contribution in [-0.2, 0) is 6.18 Å². The number of hydrogen-bond donors (Lipinski definition) is 1. The number of rotatable bonds is 6. The zero-order valence-electron chi connectivity index (χ0n) is 17.5. The predicted octanol–water partition coefficient (Wildman–Crippen LogP) is 4.53. The SMILES string of the molecule is O=C(NC1CC1)c1cccc(OC[C@H]2CCCN(C(=O)c3ccccc3C(F)(F)F)C2)c1. The summed E-state index contributed by atoms with van der Waals surface area (Å²) in [5.41, 5.74) is -0.709. The number of piperidine rings is 1. The lowest BCUT2D eigenvalue weighted by atomic mass is 9.97. The van der Waals surface area contributed by atoms with E-state index in [0.29, 0.717) is 37.4 Å². The molecule has 1 aliphatic heterocycles. The molecule has 170 valence electrons. The lowest BCUT2D eigenvalue weighted by Gasteiger charge is -2.33. The van der Waals surface area contributed by atoms with Crippen LogP contribution in [0.1, 0.15) is 52.0 Å². The number of nitrogens with one attached hydrogen (secondary N) is 1. The summed E-state index contributed by atoms with van der Waals surface area (Å²) in [6, 6.07) is 12.1. The van der Waals surface area contributed by atoms with Crippen LogP contribution in [0.2, 0.25) is 0 Å². The molecule has 1 N–H and O–H groups in total. The van der Waals surface area contributed by atoms with Crippen molar-refractivity contribution in [3.63, 3.8) is 0 Å². The van der Waals surface area contributed by atoms with Crippen molar-refractivity contribution in [2.75, 3.05) is 19.7 Å². The summed E-state index contributed by atoms with van der Waals surface area (Å²) in [7, 11) is 0. The molecule has 2 aromatic carbocycles. The fourth-order valence-corrected chi connectivity index (χ4v) is 3.91. The topological polar surface area (TPSA) is 58.6 Å². The second kappa shape index (κ2) is 9.22. The van der Waals surface area contributed by atoms with Crippen molar-refractivity contribution < 1.29 is 27.5 Å². The van der Waals surface area contributed by atoms with Crippen LogP contribution in [0.4, 0.5) is 13.2 Å². The molecule has 32 heavy (non-hydrogen) atoms. The van der Waals surface area contributed by atoms with Gasteiger partial charge in [-0.05, 0) is 56.0 Å². The Labute approximate surface area is 184 Å². The zero-order chi connectivity index (χ0) is 22.7. The largest absolute Gasteiger partial charge is 0.493 e. The van der Waals surface area contributed by atoms with E-state index in [4.69, 9.17) is 4.74 Å². The number of ether oxygens (including phenoxy) is 1. The smallest absolute Gasteiger partial charge is 0.417 e. The number of carbonyl (C=O) groups excluding carboxylic acids is 2. The second-order valence-electron chi connectivity index (χ2n) is 8.39. The Balaban J connectivity index is 1.37. The van der Waals surface area contributed by atoms with Gasteiger partial charge in [0.1, 0.15) is 5.75 Å². The normalized spacial score (nSPS) is 18.8. The third kappa shape index (κ3) is 5.41. The van der Waals surface area contributed by atoms with Gasteiger partial charge >= 0.3 is 6.18 Å². The monoisotopic (exact) mass is 446 g/mol. The maximum absolute atomic E-state index is 13.3. The Morgan fingerprint density at radius 1 is 1.06 bits per heavy atom. The van der Waals surface area contributed by atoms with Gasteiger partial charge in [0.25, 0.3) is 11.8 Å². The van der Waals surface area contributed by atoms with E-state index < -0.39 is 17.6 Å². The number of amides is 2. The highest BCUT2D eigenvalue weighted by Crippen LogP contribution is 2.33. The van der Waals surface area contributed by atoms with Gasteiger partial charge in [0, 0.05) is 30.6 Å². The molecule has 0 radical (unpaired) electrons. The fourth-order valence-electron chi connectivity index (χ4n) is 3.91. The molecule has 8 heteroatoms. The minimum absolute atomic E-state index is 0.00491. The van der Waals surface area contributed by atoms with Crippen molar-refractivity contribution >= 4 is 11.8 Å². The number of alkyl halides is 3. The van der Waals surface area contributed by atoms with Gasteiger partial charge in [-0.3, -0.25) is 9.59 Å². The van der Waals surface area contributed by atoms with Crippen LogP contribution in [0.15, 0.2) is 48.5 Å². The third-order valence-electron chi connectivity index (χ3n) is 5.76. The van der Waals surface area contributed by atoms with Crippen LogP contribution < -0.4 is 10.1 Å². The summed E-state index contributed by atoms with van der Waals surface area (Å²) in [6.45, 7) is 1.06. The number of halogens is 3. The van der Waals surface area contributed by atoms with E-state index in [-0.39, 0.29) is 23.4 Å². The quantitative estimate of drug-likeness (QED) is 0.710. The lowest BCUT2D eigenvalue weighted by molar-refractivity contribution is -0.138. The molecular weight excluding hydrogens is 421 g/mol. The molecule has 1 heterocycles. The molecule has 2 fully saturated rings. The summed E-state index contributed by atoms with van der Waals surface area (Å²) in [4.78, 5) is 26.5. The highest BCUT2D eigenvalue weighted by molar-refractivity contribution is 5.96. The van der Waals surface area contributed by atoms with Crippen LogP contribution in [0.3, 0.4) is 0 Å². The van der Waals surface area contributed by atoms with E-state index >= 15 is 0 Å². The van der Waals surface area contributed by atoms with Crippen LogP contribution in [-0.4, -0.2) is 42.5 Å². The molecule has 2 aromatic rings. The Hall–Kier alpha value is -3.03. The summed E-state index contributed by atoms with van der Waals surface area (Å²) in [5.74, 6) is -0.189. The Morgan fingerprint density at radius 2 is 1.84 bits per heavy atom. The maximum atomic E-state index is 13.3. The maximum Gasteiger partial charge on any atom is 0.417 e. The predicted molar refractivity (Wildman–Crippen MR) is 112 cm³/mol. The van der Waals surface area contributed by atoms with E-state index in [0.717, 1.165) is 25.3 Å². The molecule has 1 saturated carbocycles. The molecule has 0 spiro atoms. The van der Waals surface area contributed by atoms with Crippen molar-refractivity contribution in [2.45, 2.75) is 37.9 Å². The molecule has 0 aromatic heterocycles. The molecule has 1 aliphatic carbocycles. The van der Waals surface area contributed by atoms with Gasteiger partial charge in [0.05, 0.1) is 17.7 Å². The minimum Gasteiger partial charge on any atom is -0.493 e. The van der Waals surface area contributed by atoms with Gasteiger partial charge in [0.15, 0.2) is 0 Å². The van der Waals surface area contributed by atoms with Crippen molar-refractivity contribution in [3.8, 4) is 5.75 Å². The van der Waals surface area contributed by atoms with Crippen LogP contribution >= 0.6 is 0 Å². The van der Waals surface area contributed by atoms with Gasteiger partial charge in [-0.1, -0.05) is 18.2 Å². The summed E-state index contributed by atoms with van der Waals surface area (Å²) >= 11 is 0. The van der Waals surface area contributed by atoms with Crippen LogP contribution in [0.25, 0.3) is 0 Å². The molecule has 1 saturated heterocycles. The van der Waals surface area contributed by atoms with E-state index in [1.165, 1.54) is 23.1 Å².